The maximum absolute atomic E-state index is 11.8. The highest BCUT2D eigenvalue weighted by atomic mass is 32.1. The largest absolute Gasteiger partial charge is 0.469 e. The number of esters is 1. The maximum atomic E-state index is 11.8. The second-order valence-electron chi connectivity index (χ2n) is 6.78. The van der Waals surface area contributed by atoms with Gasteiger partial charge in [-0.2, -0.15) is 0 Å². The Bertz CT molecular complexity index is 990. The standard InChI is InChI=1S/C22H22N4O2S/c1-28-19(27)12-15-26-21(20(24-22(26)29)17-10-5-6-13-23-17)18-11-7-14-25(18)16-8-3-2-4-9-16/h2-11,13-14,20-21H,12,15H2,1H3,(H,24,29)/t20-,21-/m0/s1. The van der Waals surface area contributed by atoms with Crippen LogP contribution in [-0.2, 0) is 9.53 Å². The van der Waals surface area contributed by atoms with E-state index in [1.807, 2.05) is 48.7 Å². The summed E-state index contributed by atoms with van der Waals surface area (Å²) in [5.41, 5.74) is 3.04. The summed E-state index contributed by atoms with van der Waals surface area (Å²) >= 11 is 5.64. The van der Waals surface area contributed by atoms with Crippen LogP contribution in [0.2, 0.25) is 0 Å². The Hall–Kier alpha value is -3.19. The molecule has 1 aliphatic rings. The van der Waals surface area contributed by atoms with E-state index in [0.717, 1.165) is 17.1 Å². The third kappa shape index (κ3) is 3.86. The van der Waals surface area contributed by atoms with Gasteiger partial charge in [-0.1, -0.05) is 24.3 Å². The third-order valence-corrected chi connectivity index (χ3v) is 5.45. The van der Waals surface area contributed by atoms with E-state index in [9.17, 15) is 4.79 Å². The zero-order valence-electron chi connectivity index (χ0n) is 16.1. The fraction of sp³-hybridized carbons (Fsp3) is 0.227. The van der Waals surface area contributed by atoms with Crippen LogP contribution in [0.3, 0.4) is 0 Å². The van der Waals surface area contributed by atoms with Gasteiger partial charge in [0.2, 0.25) is 0 Å². The summed E-state index contributed by atoms with van der Waals surface area (Å²) in [6.45, 7) is 0.465. The predicted molar refractivity (Wildman–Crippen MR) is 115 cm³/mol. The van der Waals surface area contributed by atoms with Gasteiger partial charge >= 0.3 is 5.97 Å². The van der Waals surface area contributed by atoms with Crippen LogP contribution in [0, 0.1) is 0 Å². The van der Waals surface area contributed by atoms with E-state index in [0.29, 0.717) is 11.7 Å². The van der Waals surface area contributed by atoms with E-state index in [4.69, 9.17) is 17.0 Å². The van der Waals surface area contributed by atoms with E-state index in [-0.39, 0.29) is 24.5 Å². The maximum Gasteiger partial charge on any atom is 0.307 e. The molecule has 1 fully saturated rings. The zero-order chi connectivity index (χ0) is 20.2. The Balaban J connectivity index is 1.75. The lowest BCUT2D eigenvalue weighted by molar-refractivity contribution is -0.140. The molecule has 1 aromatic carbocycles. The minimum absolute atomic E-state index is 0.114. The molecule has 4 rings (SSSR count). The lowest BCUT2D eigenvalue weighted by Crippen LogP contribution is -2.32. The predicted octanol–water partition coefficient (Wildman–Crippen LogP) is 3.41. The lowest BCUT2D eigenvalue weighted by Gasteiger charge is -2.28. The van der Waals surface area contributed by atoms with Crippen molar-refractivity contribution in [1.29, 1.82) is 0 Å². The summed E-state index contributed by atoms with van der Waals surface area (Å²) in [5.74, 6) is -0.258. The van der Waals surface area contributed by atoms with Gasteiger partial charge in [-0.3, -0.25) is 9.78 Å². The number of para-hydroxylation sites is 1. The number of methoxy groups -OCH3 is 1. The fourth-order valence-electron chi connectivity index (χ4n) is 3.74. The molecule has 3 heterocycles. The summed E-state index contributed by atoms with van der Waals surface area (Å²) in [6, 6.07) is 19.9. The Morgan fingerprint density at radius 1 is 1.14 bits per heavy atom. The summed E-state index contributed by atoms with van der Waals surface area (Å²) < 4.78 is 6.98. The third-order valence-electron chi connectivity index (χ3n) is 5.10. The van der Waals surface area contributed by atoms with Crippen LogP contribution in [-0.4, -0.2) is 39.2 Å². The summed E-state index contributed by atoms with van der Waals surface area (Å²) in [7, 11) is 1.40. The molecule has 29 heavy (non-hydrogen) atoms. The Morgan fingerprint density at radius 3 is 2.66 bits per heavy atom. The van der Waals surface area contributed by atoms with Crippen LogP contribution in [0.15, 0.2) is 73.1 Å². The summed E-state index contributed by atoms with van der Waals surface area (Å²) in [4.78, 5) is 18.4. The minimum atomic E-state index is -0.258. The van der Waals surface area contributed by atoms with Crippen LogP contribution in [0.5, 0.6) is 0 Å². The molecule has 2 atom stereocenters. The first-order valence-corrected chi connectivity index (χ1v) is 9.87. The summed E-state index contributed by atoms with van der Waals surface area (Å²) in [6.07, 6.45) is 4.08. The molecule has 3 aromatic rings. The molecule has 148 valence electrons. The molecule has 6 nitrogen and oxygen atoms in total. The average Bonchev–Trinajstić information content (AvgIpc) is 3.37. The molecule has 7 heteroatoms. The Morgan fingerprint density at radius 2 is 1.93 bits per heavy atom. The number of ether oxygens (including phenoxy) is 1. The monoisotopic (exact) mass is 406 g/mol. The molecule has 0 radical (unpaired) electrons. The highest BCUT2D eigenvalue weighted by Crippen LogP contribution is 2.39. The highest BCUT2D eigenvalue weighted by Gasteiger charge is 2.41. The molecule has 1 saturated heterocycles. The van der Waals surface area contributed by atoms with Crippen molar-refractivity contribution in [1.82, 2.24) is 19.8 Å². The van der Waals surface area contributed by atoms with Crippen LogP contribution < -0.4 is 5.32 Å². The normalized spacial score (nSPS) is 18.5. The molecule has 0 unspecified atom stereocenters. The molecule has 0 amide bonds. The highest BCUT2D eigenvalue weighted by molar-refractivity contribution is 7.80. The molecular weight excluding hydrogens is 384 g/mol. The van der Waals surface area contributed by atoms with E-state index < -0.39 is 0 Å². The molecule has 1 N–H and O–H groups in total. The van der Waals surface area contributed by atoms with Gasteiger partial charge in [0.15, 0.2) is 5.11 Å². The van der Waals surface area contributed by atoms with Crippen molar-refractivity contribution in [2.24, 2.45) is 0 Å². The molecule has 0 saturated carbocycles. The zero-order valence-corrected chi connectivity index (χ0v) is 16.9. The van der Waals surface area contributed by atoms with Crippen molar-refractivity contribution < 1.29 is 9.53 Å². The number of aromatic nitrogens is 2. The van der Waals surface area contributed by atoms with Crippen molar-refractivity contribution in [3.8, 4) is 5.69 Å². The molecule has 2 aromatic heterocycles. The number of benzene rings is 1. The van der Waals surface area contributed by atoms with Crippen LogP contribution in [0.1, 0.15) is 29.9 Å². The van der Waals surface area contributed by atoms with E-state index >= 15 is 0 Å². The first-order valence-electron chi connectivity index (χ1n) is 9.46. The number of hydrogen-bond acceptors (Lipinski definition) is 4. The van der Waals surface area contributed by atoms with Crippen molar-refractivity contribution in [3.05, 3.63) is 84.4 Å². The first kappa shape index (κ1) is 19.1. The van der Waals surface area contributed by atoms with E-state index in [1.165, 1.54) is 7.11 Å². The van der Waals surface area contributed by atoms with Crippen molar-refractivity contribution in [2.75, 3.05) is 13.7 Å². The van der Waals surface area contributed by atoms with Crippen LogP contribution in [0.25, 0.3) is 5.69 Å². The van der Waals surface area contributed by atoms with E-state index in [2.05, 4.69) is 38.0 Å². The van der Waals surface area contributed by atoms with Gasteiger partial charge in [0.25, 0.3) is 0 Å². The summed E-state index contributed by atoms with van der Waals surface area (Å²) in [5, 5.41) is 4.02. The minimum Gasteiger partial charge on any atom is -0.469 e. The van der Waals surface area contributed by atoms with Crippen LogP contribution >= 0.6 is 12.2 Å². The number of thiocarbonyl (C=S) groups is 1. The topological polar surface area (TPSA) is 59.4 Å². The average molecular weight is 407 g/mol. The lowest BCUT2D eigenvalue weighted by atomic mass is 10.0. The fourth-order valence-corrected chi connectivity index (χ4v) is 4.07. The smallest absolute Gasteiger partial charge is 0.307 e. The number of hydrogen-bond donors (Lipinski definition) is 1. The molecule has 1 aliphatic heterocycles. The molecular formula is C22H22N4O2S. The van der Waals surface area contributed by atoms with Gasteiger partial charge in [-0.15, -0.1) is 0 Å². The van der Waals surface area contributed by atoms with Gasteiger partial charge in [-0.25, -0.2) is 0 Å². The second-order valence-corrected chi connectivity index (χ2v) is 7.17. The number of pyridine rings is 1. The van der Waals surface area contributed by atoms with Gasteiger partial charge in [0.05, 0.1) is 31.3 Å². The number of carbonyl (C=O) groups is 1. The number of nitrogens with zero attached hydrogens (tertiary/aromatic N) is 3. The first-order chi connectivity index (χ1) is 14.2. The molecule has 0 aliphatic carbocycles. The Kier molecular flexibility index (Phi) is 5.57. The van der Waals surface area contributed by atoms with Gasteiger partial charge in [0.1, 0.15) is 0 Å². The number of carbonyl (C=O) groups excluding carboxylic acids is 1. The van der Waals surface area contributed by atoms with Crippen molar-refractivity contribution >= 4 is 23.3 Å². The second kappa shape index (κ2) is 8.45. The van der Waals surface area contributed by atoms with Gasteiger partial charge in [0, 0.05) is 30.3 Å². The SMILES string of the molecule is COC(=O)CCN1C(=S)N[C@@H](c2ccccn2)[C@@H]1c1cccn1-c1ccccc1. The quantitative estimate of drug-likeness (QED) is 0.500. The number of nitrogens with one attached hydrogen (secondary N) is 1. The number of rotatable bonds is 6. The van der Waals surface area contributed by atoms with Gasteiger partial charge in [-0.05, 0) is 48.6 Å². The molecule has 0 spiro atoms. The van der Waals surface area contributed by atoms with Crippen molar-refractivity contribution in [3.63, 3.8) is 0 Å². The van der Waals surface area contributed by atoms with E-state index in [1.54, 1.807) is 6.20 Å². The van der Waals surface area contributed by atoms with Gasteiger partial charge < -0.3 is 19.5 Å². The van der Waals surface area contributed by atoms with Crippen molar-refractivity contribution in [2.45, 2.75) is 18.5 Å². The van der Waals surface area contributed by atoms with Crippen LogP contribution in [0.4, 0.5) is 0 Å². The Labute approximate surface area is 175 Å². The molecule has 0 bridgehead atoms.